The normalized spacial score (nSPS) is 18.7. The monoisotopic (exact) mass is 290 g/mol. The molecule has 1 aromatic carbocycles. The van der Waals surface area contributed by atoms with Crippen LogP contribution in [0.4, 0.5) is 0 Å². The molecule has 0 saturated carbocycles. The number of carbonyl (C=O) groups excluding carboxylic acids is 1. The molecule has 0 saturated heterocycles. The maximum atomic E-state index is 11.4. The van der Waals surface area contributed by atoms with Crippen LogP contribution in [0.3, 0.4) is 0 Å². The zero-order valence-corrected chi connectivity index (χ0v) is 10.0. The molecule has 0 amide bonds. The zero-order chi connectivity index (χ0) is 10.8. The van der Waals surface area contributed by atoms with Gasteiger partial charge in [0.15, 0.2) is 23.4 Å². The van der Waals surface area contributed by atoms with Crippen molar-refractivity contribution >= 4 is 33.3 Å². The van der Waals surface area contributed by atoms with Gasteiger partial charge in [0.25, 0.3) is 0 Å². The third-order valence-corrected chi connectivity index (χ3v) is 2.84. The lowest BCUT2D eigenvalue weighted by Gasteiger charge is -2.25. The minimum Gasteiger partial charge on any atom is -0.485 e. The predicted octanol–water partition coefficient (Wildman–Crippen LogP) is 2.44. The summed E-state index contributed by atoms with van der Waals surface area (Å²) in [5.41, 5.74) is 0. The second-order valence-electron chi connectivity index (χ2n) is 3.11. The summed E-state index contributed by atoms with van der Waals surface area (Å²) in [6.45, 7) is 0.234. The molecule has 0 spiro atoms. The van der Waals surface area contributed by atoms with Crippen LogP contribution >= 0.6 is 27.5 Å². The van der Waals surface area contributed by atoms with Crippen LogP contribution in [0.2, 0.25) is 5.02 Å². The zero-order valence-electron chi connectivity index (χ0n) is 7.70. The molecule has 0 aliphatic carbocycles. The maximum Gasteiger partial charge on any atom is 0.191 e. The first-order valence-electron chi connectivity index (χ1n) is 4.38. The molecule has 1 aromatic rings. The van der Waals surface area contributed by atoms with E-state index in [1.807, 2.05) is 0 Å². The number of Topliss-reactive ketones (excluding diaryl/α,β-unsaturated/α-hetero) is 1. The van der Waals surface area contributed by atoms with E-state index in [2.05, 4.69) is 15.9 Å². The first-order valence-corrected chi connectivity index (χ1v) is 5.88. The van der Waals surface area contributed by atoms with Crippen molar-refractivity contribution in [3.8, 4) is 11.5 Å². The number of fused-ring (bicyclic) bond motifs is 1. The number of rotatable bonds is 2. The van der Waals surface area contributed by atoms with Gasteiger partial charge in [0.2, 0.25) is 0 Å². The van der Waals surface area contributed by atoms with E-state index in [1.165, 1.54) is 0 Å². The number of hydrogen-bond acceptors (Lipinski definition) is 3. The maximum absolute atomic E-state index is 11.4. The topological polar surface area (TPSA) is 35.5 Å². The van der Waals surface area contributed by atoms with Gasteiger partial charge in [0.1, 0.15) is 6.61 Å². The number of carbonyl (C=O) groups is 1. The van der Waals surface area contributed by atoms with Crippen LogP contribution in [0, 0.1) is 0 Å². The third kappa shape index (κ3) is 2.26. The van der Waals surface area contributed by atoms with Gasteiger partial charge in [-0.15, -0.1) is 0 Å². The average Bonchev–Trinajstić information content (AvgIpc) is 2.27. The van der Waals surface area contributed by atoms with Crippen LogP contribution in [0.25, 0.3) is 0 Å². The van der Waals surface area contributed by atoms with Gasteiger partial charge in [-0.25, -0.2) is 0 Å². The summed E-state index contributed by atoms with van der Waals surface area (Å²) in [6, 6.07) is 5.07. The summed E-state index contributed by atoms with van der Waals surface area (Å²) in [5, 5.41) is 0.854. The molecular weight excluding hydrogens is 283 g/mol. The van der Waals surface area contributed by atoms with Gasteiger partial charge in [-0.2, -0.15) is 0 Å². The average molecular weight is 292 g/mol. The van der Waals surface area contributed by atoms with Crippen LogP contribution in [0.5, 0.6) is 11.5 Å². The fourth-order valence-electron chi connectivity index (χ4n) is 1.29. The second-order valence-corrected chi connectivity index (χ2v) is 4.11. The standard InChI is InChI=1S/C10H8BrClO3/c11-4-7(13)10-5-14-9-3-6(12)1-2-8(9)15-10/h1-3,10H,4-5H2. The van der Waals surface area contributed by atoms with E-state index in [-0.39, 0.29) is 17.7 Å². The van der Waals surface area contributed by atoms with Gasteiger partial charge in [-0.3, -0.25) is 4.79 Å². The Hall–Kier alpha value is -0.740. The number of ketones is 1. The van der Waals surface area contributed by atoms with Crippen molar-refractivity contribution in [3.05, 3.63) is 23.2 Å². The molecule has 0 radical (unpaired) electrons. The number of halogens is 2. The summed E-state index contributed by atoms with van der Waals surface area (Å²) in [6.07, 6.45) is -0.530. The SMILES string of the molecule is O=C(CBr)C1COc2cc(Cl)ccc2O1. The summed E-state index contributed by atoms with van der Waals surface area (Å²) in [5.74, 6) is 1.11. The van der Waals surface area contributed by atoms with Gasteiger partial charge in [-0.1, -0.05) is 27.5 Å². The Morgan fingerprint density at radius 1 is 1.53 bits per heavy atom. The highest BCUT2D eigenvalue weighted by molar-refractivity contribution is 9.09. The highest BCUT2D eigenvalue weighted by Gasteiger charge is 2.26. The smallest absolute Gasteiger partial charge is 0.191 e. The van der Waals surface area contributed by atoms with Crippen molar-refractivity contribution in [2.75, 3.05) is 11.9 Å². The molecule has 15 heavy (non-hydrogen) atoms. The van der Waals surface area contributed by atoms with Gasteiger partial charge in [0.05, 0.1) is 5.33 Å². The molecule has 1 aliphatic heterocycles. The Kier molecular flexibility index (Phi) is 3.17. The highest BCUT2D eigenvalue weighted by Crippen LogP contribution is 2.34. The summed E-state index contributed by atoms with van der Waals surface area (Å²) in [4.78, 5) is 11.4. The molecule has 1 unspecified atom stereocenters. The lowest BCUT2D eigenvalue weighted by molar-refractivity contribution is -0.125. The first-order chi connectivity index (χ1) is 7.20. The molecule has 80 valence electrons. The Morgan fingerprint density at radius 3 is 3.07 bits per heavy atom. The van der Waals surface area contributed by atoms with Crippen molar-refractivity contribution < 1.29 is 14.3 Å². The molecule has 2 rings (SSSR count). The molecule has 0 fully saturated rings. The molecule has 1 heterocycles. The van der Waals surface area contributed by atoms with Crippen molar-refractivity contribution in [3.63, 3.8) is 0 Å². The molecular formula is C10H8BrClO3. The van der Waals surface area contributed by atoms with Crippen molar-refractivity contribution in [2.24, 2.45) is 0 Å². The van der Waals surface area contributed by atoms with Crippen molar-refractivity contribution in [1.82, 2.24) is 0 Å². The number of ether oxygens (including phenoxy) is 2. The van der Waals surface area contributed by atoms with E-state index in [9.17, 15) is 4.79 Å². The van der Waals surface area contributed by atoms with Crippen LogP contribution in [0.15, 0.2) is 18.2 Å². The second kappa shape index (κ2) is 4.41. The highest BCUT2D eigenvalue weighted by atomic mass is 79.9. The van der Waals surface area contributed by atoms with E-state index in [4.69, 9.17) is 21.1 Å². The number of alkyl halides is 1. The van der Waals surface area contributed by atoms with Crippen LogP contribution < -0.4 is 9.47 Å². The molecule has 1 atom stereocenters. The number of hydrogen-bond donors (Lipinski definition) is 0. The van der Waals surface area contributed by atoms with Crippen molar-refractivity contribution in [2.45, 2.75) is 6.10 Å². The minimum absolute atomic E-state index is 0.0319. The lowest BCUT2D eigenvalue weighted by Crippen LogP contribution is -2.37. The lowest BCUT2D eigenvalue weighted by atomic mass is 10.2. The largest absolute Gasteiger partial charge is 0.485 e. The van der Waals surface area contributed by atoms with Gasteiger partial charge < -0.3 is 9.47 Å². The van der Waals surface area contributed by atoms with E-state index < -0.39 is 6.10 Å². The Morgan fingerprint density at radius 2 is 2.33 bits per heavy atom. The van der Waals surface area contributed by atoms with Crippen LogP contribution in [-0.4, -0.2) is 23.8 Å². The summed E-state index contributed by atoms with van der Waals surface area (Å²) in [7, 11) is 0. The van der Waals surface area contributed by atoms with Gasteiger partial charge in [-0.05, 0) is 12.1 Å². The van der Waals surface area contributed by atoms with E-state index in [0.29, 0.717) is 16.5 Å². The molecule has 0 aromatic heterocycles. The molecule has 5 heteroatoms. The third-order valence-electron chi connectivity index (χ3n) is 2.06. The molecule has 3 nitrogen and oxygen atoms in total. The Bertz CT molecular complexity index is 394. The molecule has 1 aliphatic rings. The van der Waals surface area contributed by atoms with E-state index in [0.717, 1.165) is 0 Å². The summed E-state index contributed by atoms with van der Waals surface area (Å²) >= 11 is 8.89. The fraction of sp³-hybridized carbons (Fsp3) is 0.300. The first kappa shape index (κ1) is 10.8. The quantitative estimate of drug-likeness (QED) is 0.785. The van der Waals surface area contributed by atoms with E-state index >= 15 is 0 Å². The van der Waals surface area contributed by atoms with Gasteiger partial charge >= 0.3 is 0 Å². The predicted molar refractivity (Wildman–Crippen MR) is 60.2 cm³/mol. The Labute approximate surface area is 100 Å². The van der Waals surface area contributed by atoms with E-state index in [1.54, 1.807) is 18.2 Å². The van der Waals surface area contributed by atoms with Crippen LogP contribution in [0.1, 0.15) is 0 Å². The Balaban J connectivity index is 2.20. The van der Waals surface area contributed by atoms with Crippen LogP contribution in [-0.2, 0) is 4.79 Å². The number of benzene rings is 1. The fourth-order valence-corrected chi connectivity index (χ4v) is 1.81. The van der Waals surface area contributed by atoms with Crippen molar-refractivity contribution in [1.29, 1.82) is 0 Å². The molecule has 0 N–H and O–H groups in total. The summed E-state index contributed by atoms with van der Waals surface area (Å²) < 4.78 is 10.9. The molecule has 0 bridgehead atoms. The van der Waals surface area contributed by atoms with Gasteiger partial charge in [0, 0.05) is 11.1 Å². The minimum atomic E-state index is -0.530.